The summed E-state index contributed by atoms with van der Waals surface area (Å²) in [5.74, 6) is 0.747. The van der Waals surface area contributed by atoms with Crippen molar-refractivity contribution in [3.05, 3.63) is 55.1 Å². The molecule has 0 aromatic heterocycles. The van der Waals surface area contributed by atoms with Crippen LogP contribution in [-0.4, -0.2) is 61.5 Å². The van der Waals surface area contributed by atoms with E-state index in [0.717, 1.165) is 11.3 Å². The van der Waals surface area contributed by atoms with Crippen molar-refractivity contribution in [1.29, 1.82) is 0 Å². The lowest BCUT2D eigenvalue weighted by atomic mass is 9.85. The molecule has 2 rings (SSSR count). The van der Waals surface area contributed by atoms with Crippen LogP contribution in [0.5, 0.6) is 5.75 Å². The van der Waals surface area contributed by atoms with E-state index in [1.807, 2.05) is 58.2 Å². The van der Waals surface area contributed by atoms with Gasteiger partial charge in [0.25, 0.3) is 5.91 Å². The molecule has 0 unspecified atom stereocenters. The molecule has 178 valence electrons. The molecule has 1 heterocycles. The van der Waals surface area contributed by atoms with Gasteiger partial charge in [0.2, 0.25) is 0 Å². The first-order valence-electron chi connectivity index (χ1n) is 11.4. The number of likely N-dealkylation sites (N-methyl/N-ethyl adjacent to an activating group) is 1. The molecule has 1 amide bonds. The lowest BCUT2D eigenvalue weighted by Gasteiger charge is -2.50. The highest BCUT2D eigenvalue weighted by Crippen LogP contribution is 2.36. The molecule has 6 nitrogen and oxygen atoms in total. The minimum Gasteiger partial charge on any atom is -0.497 e. The van der Waals surface area contributed by atoms with Gasteiger partial charge >= 0.3 is 0 Å². The molecule has 0 radical (unpaired) electrons. The second kappa shape index (κ2) is 12.2. The van der Waals surface area contributed by atoms with Crippen molar-refractivity contribution in [3.63, 3.8) is 0 Å². The van der Waals surface area contributed by atoms with Gasteiger partial charge in [0.05, 0.1) is 44.7 Å². The van der Waals surface area contributed by atoms with Gasteiger partial charge in [0.15, 0.2) is 5.60 Å². The highest BCUT2D eigenvalue weighted by Gasteiger charge is 2.53. The summed E-state index contributed by atoms with van der Waals surface area (Å²) in [5.41, 5.74) is -0.0411. The number of nitrogens with zero attached hydrogens (tertiary/aromatic N) is 1. The van der Waals surface area contributed by atoms with Crippen LogP contribution in [0.15, 0.2) is 49.6 Å². The lowest BCUT2D eigenvalue weighted by Crippen LogP contribution is -2.66. The van der Waals surface area contributed by atoms with E-state index in [0.29, 0.717) is 32.5 Å². The Hall–Kier alpha value is -2.15. The molecule has 0 bridgehead atoms. The van der Waals surface area contributed by atoms with Gasteiger partial charge in [-0.3, -0.25) is 4.79 Å². The first kappa shape index (κ1) is 26.1. The van der Waals surface area contributed by atoms with Gasteiger partial charge in [0, 0.05) is 13.5 Å². The standard InChI is InChI=1S/C26H39NO5/c1-8-11-23(18-30-17-21-12-14-22(29-7)15-13-21)31-24(10-3)26(16-9-2)25(28)27(6)19(4)20(5)32-26/h8-9,12-15,19-20,23-24H,1-2,10-11,16-18H2,3-7H3/t19-,20+,23+,24+,26-/m0/s1. The van der Waals surface area contributed by atoms with E-state index >= 15 is 0 Å². The van der Waals surface area contributed by atoms with E-state index < -0.39 is 11.7 Å². The summed E-state index contributed by atoms with van der Waals surface area (Å²) in [7, 11) is 3.47. The van der Waals surface area contributed by atoms with Crippen LogP contribution in [0.1, 0.15) is 45.6 Å². The Kier molecular flexibility index (Phi) is 9.94. The van der Waals surface area contributed by atoms with E-state index in [4.69, 9.17) is 18.9 Å². The first-order chi connectivity index (χ1) is 15.3. The fraction of sp³-hybridized carbons (Fsp3) is 0.577. The third-order valence-electron chi connectivity index (χ3n) is 6.23. The van der Waals surface area contributed by atoms with Crippen molar-refractivity contribution in [3.8, 4) is 5.75 Å². The van der Waals surface area contributed by atoms with Crippen LogP contribution in [0.2, 0.25) is 0 Å². The zero-order valence-corrected chi connectivity index (χ0v) is 20.2. The third kappa shape index (κ3) is 6.00. The molecule has 5 atom stereocenters. The molecule has 0 N–H and O–H groups in total. The normalized spacial score (nSPS) is 25.3. The van der Waals surface area contributed by atoms with Crippen LogP contribution in [-0.2, 0) is 25.6 Å². The highest BCUT2D eigenvalue weighted by molar-refractivity contribution is 5.87. The molecule has 6 heteroatoms. The van der Waals surface area contributed by atoms with E-state index in [9.17, 15) is 4.79 Å². The summed E-state index contributed by atoms with van der Waals surface area (Å²) in [6.07, 6.45) is 4.39. The van der Waals surface area contributed by atoms with Crippen LogP contribution in [0.4, 0.5) is 0 Å². The SMILES string of the molecule is C=CC[C@H](COCc1ccc(OC)cc1)O[C@H](CC)[C@]1(CC=C)O[C@H](C)[C@H](C)N(C)C1=O. The monoisotopic (exact) mass is 445 g/mol. The number of hydrogen-bond donors (Lipinski definition) is 0. The molecular weight excluding hydrogens is 406 g/mol. The topological polar surface area (TPSA) is 57.2 Å². The van der Waals surface area contributed by atoms with Crippen molar-refractivity contribution in [1.82, 2.24) is 4.90 Å². The minimum absolute atomic E-state index is 0.00486. The average molecular weight is 446 g/mol. The average Bonchev–Trinajstić information content (AvgIpc) is 2.80. The fourth-order valence-electron chi connectivity index (χ4n) is 4.12. The maximum absolute atomic E-state index is 13.4. The summed E-state index contributed by atoms with van der Waals surface area (Å²) in [5, 5.41) is 0. The zero-order chi connectivity index (χ0) is 23.7. The predicted octanol–water partition coefficient (Wildman–Crippen LogP) is 4.53. The lowest BCUT2D eigenvalue weighted by molar-refractivity contribution is -0.228. The van der Waals surface area contributed by atoms with Crippen molar-refractivity contribution < 1.29 is 23.7 Å². The Balaban J connectivity index is 2.12. The molecule has 1 aromatic rings. The van der Waals surface area contributed by atoms with E-state index in [1.165, 1.54) is 0 Å². The number of benzene rings is 1. The summed E-state index contributed by atoms with van der Waals surface area (Å²) >= 11 is 0. The van der Waals surface area contributed by atoms with Crippen LogP contribution >= 0.6 is 0 Å². The molecule has 1 saturated heterocycles. The summed E-state index contributed by atoms with van der Waals surface area (Å²) in [6, 6.07) is 7.77. The maximum atomic E-state index is 13.4. The van der Waals surface area contributed by atoms with Gasteiger partial charge in [-0.2, -0.15) is 0 Å². The van der Waals surface area contributed by atoms with Gasteiger partial charge in [0.1, 0.15) is 5.75 Å². The zero-order valence-electron chi connectivity index (χ0n) is 20.2. The number of hydrogen-bond acceptors (Lipinski definition) is 5. The third-order valence-corrected chi connectivity index (χ3v) is 6.23. The molecule has 1 aromatic carbocycles. The van der Waals surface area contributed by atoms with Crippen LogP contribution < -0.4 is 4.74 Å². The van der Waals surface area contributed by atoms with Crippen LogP contribution in [0.3, 0.4) is 0 Å². The highest BCUT2D eigenvalue weighted by atomic mass is 16.6. The maximum Gasteiger partial charge on any atom is 0.257 e. The largest absolute Gasteiger partial charge is 0.497 e. The fourth-order valence-corrected chi connectivity index (χ4v) is 4.12. The van der Waals surface area contributed by atoms with Gasteiger partial charge < -0.3 is 23.8 Å². The number of ether oxygens (including phenoxy) is 4. The van der Waals surface area contributed by atoms with Crippen LogP contribution in [0.25, 0.3) is 0 Å². The van der Waals surface area contributed by atoms with Crippen molar-refractivity contribution in [2.24, 2.45) is 0 Å². The Morgan fingerprint density at radius 2 is 1.91 bits per heavy atom. The molecule has 0 aliphatic carbocycles. The second-order valence-corrected chi connectivity index (χ2v) is 8.40. The number of methoxy groups -OCH3 is 1. The van der Waals surface area contributed by atoms with Gasteiger partial charge in [-0.1, -0.05) is 31.2 Å². The second-order valence-electron chi connectivity index (χ2n) is 8.40. The minimum atomic E-state index is -1.09. The van der Waals surface area contributed by atoms with Crippen LogP contribution in [0, 0.1) is 0 Å². The molecule has 1 aliphatic rings. The van der Waals surface area contributed by atoms with Gasteiger partial charge in [-0.05, 0) is 44.4 Å². The van der Waals surface area contributed by atoms with E-state index in [2.05, 4.69) is 13.2 Å². The number of amides is 1. The predicted molar refractivity (Wildman–Crippen MR) is 127 cm³/mol. The van der Waals surface area contributed by atoms with Gasteiger partial charge in [-0.15, -0.1) is 13.2 Å². The van der Waals surface area contributed by atoms with Crippen molar-refractivity contribution in [2.45, 2.75) is 76.6 Å². The molecule has 32 heavy (non-hydrogen) atoms. The summed E-state index contributed by atoms with van der Waals surface area (Å²) in [6.45, 7) is 14.6. The Morgan fingerprint density at radius 1 is 1.22 bits per heavy atom. The summed E-state index contributed by atoms with van der Waals surface area (Å²) in [4.78, 5) is 15.2. The molecule has 1 aliphatic heterocycles. The van der Waals surface area contributed by atoms with E-state index in [-0.39, 0.29) is 24.2 Å². The molecular formula is C26H39NO5. The van der Waals surface area contributed by atoms with E-state index in [1.54, 1.807) is 18.1 Å². The number of rotatable bonds is 13. The quantitative estimate of drug-likeness (QED) is 0.418. The Bertz CT molecular complexity index is 749. The summed E-state index contributed by atoms with van der Waals surface area (Å²) < 4.78 is 24.0. The number of morpholine rings is 1. The Labute approximate surface area is 193 Å². The smallest absolute Gasteiger partial charge is 0.257 e. The molecule has 0 saturated carbocycles. The number of carbonyl (C=O) groups excluding carboxylic acids is 1. The van der Waals surface area contributed by atoms with Crippen molar-refractivity contribution >= 4 is 5.91 Å². The van der Waals surface area contributed by atoms with Gasteiger partial charge in [-0.25, -0.2) is 0 Å². The molecule has 0 spiro atoms. The molecule has 1 fully saturated rings. The van der Waals surface area contributed by atoms with Crippen molar-refractivity contribution in [2.75, 3.05) is 20.8 Å². The first-order valence-corrected chi connectivity index (χ1v) is 11.4. The Morgan fingerprint density at radius 3 is 2.47 bits per heavy atom. The number of carbonyl (C=O) groups is 1.